The Hall–Kier alpha value is -2.88. The molecule has 2 aromatic carbocycles. The van der Waals surface area contributed by atoms with E-state index in [4.69, 9.17) is 18.9 Å². The van der Waals surface area contributed by atoms with Gasteiger partial charge in [0, 0.05) is 50.1 Å². The number of ether oxygens (including phenoxy) is 4. The molecule has 43 heavy (non-hydrogen) atoms. The molecule has 236 valence electrons. The number of fused-ring (bicyclic) bond motifs is 2. The third-order valence-electron chi connectivity index (χ3n) is 7.78. The molecule has 0 saturated carbocycles. The molecule has 1 aliphatic heterocycles. The fraction of sp³-hybridized carbons (Fsp3) is 0.559. The Bertz CT molecular complexity index is 1250. The second kappa shape index (κ2) is 15.2. The number of rotatable bonds is 16. The van der Waals surface area contributed by atoms with Gasteiger partial charge >= 0.3 is 5.97 Å². The minimum atomic E-state index is -1.53. The molecule has 0 radical (unpaired) electrons. The molecule has 0 unspecified atom stereocenters. The highest BCUT2D eigenvalue weighted by Crippen LogP contribution is 2.50. The highest BCUT2D eigenvalue weighted by Gasteiger charge is 2.43. The summed E-state index contributed by atoms with van der Waals surface area (Å²) in [6.07, 6.45) is 3.32. The van der Waals surface area contributed by atoms with Crippen LogP contribution in [0.1, 0.15) is 76.1 Å². The number of carbonyl (C=O) groups excluding carboxylic acids is 1. The maximum Gasteiger partial charge on any atom is 0.332 e. The monoisotopic (exact) mass is 603 g/mol. The molecule has 4 rings (SSSR count). The van der Waals surface area contributed by atoms with E-state index in [2.05, 4.69) is 12.1 Å². The summed E-state index contributed by atoms with van der Waals surface area (Å²) in [4.78, 5) is 13.1. The van der Waals surface area contributed by atoms with Gasteiger partial charge in [0.15, 0.2) is 0 Å². The van der Waals surface area contributed by atoms with E-state index in [1.54, 1.807) is 6.92 Å². The van der Waals surface area contributed by atoms with Gasteiger partial charge in [-0.2, -0.15) is 0 Å². The van der Waals surface area contributed by atoms with Gasteiger partial charge in [-0.3, -0.25) is 4.90 Å². The van der Waals surface area contributed by atoms with E-state index in [9.17, 15) is 9.18 Å². The van der Waals surface area contributed by atoms with Gasteiger partial charge in [-0.1, -0.05) is 24.3 Å². The van der Waals surface area contributed by atoms with Crippen molar-refractivity contribution in [3.63, 3.8) is 0 Å². The third-order valence-corrected chi connectivity index (χ3v) is 7.78. The van der Waals surface area contributed by atoms with E-state index in [0.29, 0.717) is 52.1 Å². The Labute approximate surface area is 253 Å². The molecule has 0 N–H and O–H groups in total. The zero-order valence-electron chi connectivity index (χ0n) is 25.7. The first kappa shape index (κ1) is 33.0. The Morgan fingerprint density at radius 3 is 2.40 bits per heavy atom. The molecule has 0 aromatic heterocycles. The highest BCUT2D eigenvalue weighted by atomic mass is 19.1. The van der Waals surface area contributed by atoms with Crippen molar-refractivity contribution in [3.05, 3.63) is 70.3 Å². The van der Waals surface area contributed by atoms with E-state index in [1.807, 2.05) is 24.0 Å². The fourth-order valence-corrected chi connectivity index (χ4v) is 5.97. The van der Waals surface area contributed by atoms with Crippen LogP contribution in [-0.2, 0) is 25.4 Å². The molecule has 0 saturated heterocycles. The maximum absolute atomic E-state index is 15.8. The zero-order chi connectivity index (χ0) is 31.0. The standard InChI is InChI=1S/C34H44F3NO5/c1-5-42-31(39)21-41-15-10-14-40-13-8-9-16-43-25-19-29(35)32(30(36)20-25)33-28-18-24-11-6-7-12-26(24)27(28)17-23(2)38(33)22-34(3,4)37/h6-7,11-12,19-20,23,33H,5,8-10,13-18,21-22H2,1-4H3/t23-,33+/m1/s1. The summed E-state index contributed by atoms with van der Waals surface area (Å²) in [5.41, 5.74) is 2.74. The summed E-state index contributed by atoms with van der Waals surface area (Å²) >= 11 is 0. The van der Waals surface area contributed by atoms with Crippen molar-refractivity contribution >= 4 is 11.5 Å². The Morgan fingerprint density at radius 1 is 1.00 bits per heavy atom. The van der Waals surface area contributed by atoms with E-state index in [0.717, 1.165) is 28.7 Å². The van der Waals surface area contributed by atoms with Crippen LogP contribution >= 0.6 is 0 Å². The van der Waals surface area contributed by atoms with Crippen molar-refractivity contribution in [2.24, 2.45) is 0 Å². The molecule has 0 spiro atoms. The van der Waals surface area contributed by atoms with E-state index in [-0.39, 0.29) is 43.1 Å². The number of alkyl halides is 1. The fourth-order valence-electron chi connectivity index (χ4n) is 5.97. The average molecular weight is 604 g/mol. The van der Waals surface area contributed by atoms with E-state index in [1.165, 1.54) is 26.0 Å². The van der Waals surface area contributed by atoms with Crippen molar-refractivity contribution in [2.45, 2.75) is 77.6 Å². The number of unbranched alkanes of at least 4 members (excludes halogenated alkanes) is 1. The first-order valence-corrected chi connectivity index (χ1v) is 15.3. The van der Waals surface area contributed by atoms with E-state index < -0.39 is 23.3 Å². The Morgan fingerprint density at radius 2 is 1.67 bits per heavy atom. The molecule has 0 bridgehead atoms. The van der Waals surface area contributed by atoms with Crippen molar-refractivity contribution < 1.29 is 36.9 Å². The predicted molar refractivity (Wildman–Crippen MR) is 160 cm³/mol. The molecule has 2 aliphatic rings. The normalized spacial score (nSPS) is 18.5. The number of nitrogens with zero attached hydrogens (tertiary/aromatic N) is 1. The number of esters is 1. The molecule has 2 aromatic rings. The van der Waals surface area contributed by atoms with E-state index >= 15 is 8.78 Å². The number of halogens is 3. The lowest BCUT2D eigenvalue weighted by Gasteiger charge is -2.44. The van der Waals surface area contributed by atoms with Crippen molar-refractivity contribution in [3.8, 4) is 5.75 Å². The van der Waals surface area contributed by atoms with Crippen molar-refractivity contribution in [2.75, 3.05) is 46.2 Å². The molecule has 0 fully saturated rings. The average Bonchev–Trinajstić information content (AvgIpc) is 3.30. The van der Waals surface area contributed by atoms with Crippen LogP contribution in [0.2, 0.25) is 0 Å². The summed E-state index contributed by atoms with van der Waals surface area (Å²) < 4.78 is 67.8. The van der Waals surface area contributed by atoms with Gasteiger partial charge in [0.2, 0.25) is 0 Å². The number of carbonyl (C=O) groups is 1. The van der Waals surface area contributed by atoms with Gasteiger partial charge in [-0.05, 0) is 82.1 Å². The Kier molecular flexibility index (Phi) is 11.7. The summed E-state index contributed by atoms with van der Waals surface area (Å²) in [6, 6.07) is 9.75. The van der Waals surface area contributed by atoms with Gasteiger partial charge in [0.25, 0.3) is 0 Å². The summed E-state index contributed by atoms with van der Waals surface area (Å²) in [7, 11) is 0. The second-order valence-corrected chi connectivity index (χ2v) is 11.9. The molecule has 1 heterocycles. The van der Waals surface area contributed by atoms with Gasteiger partial charge in [0.05, 0.1) is 19.3 Å². The molecule has 2 atom stereocenters. The topological polar surface area (TPSA) is 57.2 Å². The lowest BCUT2D eigenvalue weighted by Crippen LogP contribution is -2.47. The Balaban J connectivity index is 1.33. The quantitative estimate of drug-likeness (QED) is 0.152. The molecular formula is C34H44F3NO5. The second-order valence-electron chi connectivity index (χ2n) is 11.9. The van der Waals surface area contributed by atoms with Crippen LogP contribution in [0.25, 0.3) is 5.57 Å². The van der Waals surface area contributed by atoms with Crippen molar-refractivity contribution in [1.29, 1.82) is 0 Å². The summed E-state index contributed by atoms with van der Waals surface area (Å²) in [5.74, 6) is -1.63. The van der Waals surface area contributed by atoms with Gasteiger partial charge in [0.1, 0.15) is 29.7 Å². The maximum atomic E-state index is 15.8. The minimum absolute atomic E-state index is 0.0527. The SMILES string of the molecule is CCOC(=O)COCCCOCCCCOc1cc(F)c([C@@H]2C3=C(C[C@@H](C)N2CC(C)(C)F)c2ccccc2C3)c(F)c1. The third kappa shape index (κ3) is 8.83. The zero-order valence-corrected chi connectivity index (χ0v) is 25.7. The lowest BCUT2D eigenvalue weighted by molar-refractivity contribution is -0.148. The number of hydrogen-bond acceptors (Lipinski definition) is 6. The van der Waals surface area contributed by atoms with Crippen LogP contribution in [0.3, 0.4) is 0 Å². The minimum Gasteiger partial charge on any atom is -0.493 e. The lowest BCUT2D eigenvalue weighted by atomic mass is 9.84. The van der Waals surface area contributed by atoms with Gasteiger partial charge in [-0.25, -0.2) is 18.0 Å². The van der Waals surface area contributed by atoms with Gasteiger partial charge < -0.3 is 18.9 Å². The number of hydrogen-bond donors (Lipinski definition) is 0. The highest BCUT2D eigenvalue weighted by molar-refractivity contribution is 5.79. The molecule has 1 aliphatic carbocycles. The van der Waals surface area contributed by atoms with Crippen LogP contribution in [0.4, 0.5) is 13.2 Å². The van der Waals surface area contributed by atoms with Crippen molar-refractivity contribution in [1.82, 2.24) is 4.90 Å². The van der Waals surface area contributed by atoms with Crippen LogP contribution in [0.15, 0.2) is 42.0 Å². The first-order valence-electron chi connectivity index (χ1n) is 15.3. The largest absolute Gasteiger partial charge is 0.493 e. The molecule has 6 nitrogen and oxygen atoms in total. The predicted octanol–water partition coefficient (Wildman–Crippen LogP) is 7.00. The van der Waals surface area contributed by atoms with Gasteiger partial charge in [-0.15, -0.1) is 0 Å². The molecule has 9 heteroatoms. The molecular weight excluding hydrogens is 559 g/mol. The van der Waals surface area contributed by atoms with Crippen LogP contribution in [-0.4, -0.2) is 68.8 Å². The summed E-state index contributed by atoms with van der Waals surface area (Å²) in [5, 5.41) is 0. The van der Waals surface area contributed by atoms with Crippen LogP contribution in [0.5, 0.6) is 5.75 Å². The van der Waals surface area contributed by atoms with Crippen LogP contribution < -0.4 is 4.74 Å². The first-order chi connectivity index (χ1) is 20.6. The molecule has 0 amide bonds. The number of benzene rings is 2. The smallest absolute Gasteiger partial charge is 0.332 e. The van der Waals surface area contributed by atoms with Crippen LogP contribution in [0, 0.1) is 11.6 Å². The summed E-state index contributed by atoms with van der Waals surface area (Å²) in [6.45, 7) is 8.79.